The highest BCUT2D eigenvalue weighted by molar-refractivity contribution is 8.13. The molecule has 1 aliphatic rings. The Morgan fingerprint density at radius 3 is 2.26 bits per heavy atom. The molecular formula is C14H20BN2OS. The molecule has 0 spiro atoms. The molecule has 1 heterocycles. The maximum Gasteiger partial charge on any atom is 0.256 e. The number of thioether (sulfide) groups is 1. The SMILES string of the molecule is CC.C[B]N1C(=O)C(C)(c2ccccc2)N=C1SC. The second kappa shape index (κ2) is 6.80. The first-order valence-electron chi connectivity index (χ1n) is 6.46. The van der Waals surface area contributed by atoms with E-state index in [2.05, 4.69) is 4.99 Å². The first kappa shape index (κ1) is 15.8. The van der Waals surface area contributed by atoms with E-state index in [-0.39, 0.29) is 5.91 Å². The predicted molar refractivity (Wildman–Crippen MR) is 84.6 cm³/mol. The standard InChI is InChI=1S/C12H14BN2OS.C2H6/c1-12(9-7-5-4-6-8-9)10(16)15(13-2)11(14-12)17-3;1-2/h4-8H,1-3H3;1-2H3. The Morgan fingerprint density at radius 1 is 1.26 bits per heavy atom. The maximum absolute atomic E-state index is 12.4. The molecule has 1 atom stereocenters. The quantitative estimate of drug-likeness (QED) is 0.777. The van der Waals surface area contributed by atoms with Crippen LogP contribution >= 0.6 is 11.8 Å². The summed E-state index contributed by atoms with van der Waals surface area (Å²) in [5, 5.41) is 0.754. The Kier molecular flexibility index (Phi) is 5.67. The third-order valence-corrected chi connectivity index (χ3v) is 3.59. The molecule has 1 aromatic carbocycles. The van der Waals surface area contributed by atoms with Gasteiger partial charge in [-0.2, -0.15) is 0 Å². The number of carbonyl (C=O) groups is 1. The molecule has 0 N–H and O–H groups in total. The molecule has 0 aliphatic carbocycles. The minimum Gasteiger partial charge on any atom is -0.340 e. The molecule has 2 rings (SSSR count). The van der Waals surface area contributed by atoms with Gasteiger partial charge in [-0.05, 0) is 18.7 Å². The van der Waals surface area contributed by atoms with Gasteiger partial charge in [0.2, 0.25) is 5.91 Å². The van der Waals surface area contributed by atoms with Gasteiger partial charge in [0, 0.05) is 0 Å². The van der Waals surface area contributed by atoms with E-state index in [1.165, 1.54) is 11.8 Å². The monoisotopic (exact) mass is 275 g/mol. The van der Waals surface area contributed by atoms with Crippen LogP contribution in [-0.2, 0) is 10.3 Å². The zero-order chi connectivity index (χ0) is 14.5. The lowest BCUT2D eigenvalue weighted by molar-refractivity contribution is -0.127. The smallest absolute Gasteiger partial charge is 0.256 e. The van der Waals surface area contributed by atoms with Crippen molar-refractivity contribution in [3.8, 4) is 0 Å². The Labute approximate surface area is 120 Å². The van der Waals surface area contributed by atoms with Crippen molar-refractivity contribution in [1.82, 2.24) is 4.81 Å². The predicted octanol–water partition coefficient (Wildman–Crippen LogP) is 3.16. The van der Waals surface area contributed by atoms with Crippen molar-refractivity contribution in [3.63, 3.8) is 0 Å². The van der Waals surface area contributed by atoms with E-state index in [4.69, 9.17) is 0 Å². The van der Waals surface area contributed by atoms with Gasteiger partial charge >= 0.3 is 0 Å². The van der Waals surface area contributed by atoms with E-state index in [1.54, 1.807) is 12.2 Å². The molecule has 0 saturated heterocycles. The van der Waals surface area contributed by atoms with Gasteiger partial charge in [0.05, 0.1) is 0 Å². The first-order valence-corrected chi connectivity index (χ1v) is 7.68. The summed E-state index contributed by atoms with van der Waals surface area (Å²) in [6.45, 7) is 7.71. The van der Waals surface area contributed by atoms with Crippen LogP contribution in [0.3, 0.4) is 0 Å². The van der Waals surface area contributed by atoms with E-state index in [0.717, 1.165) is 10.7 Å². The maximum atomic E-state index is 12.4. The van der Waals surface area contributed by atoms with Gasteiger partial charge in [-0.25, -0.2) is 4.99 Å². The van der Waals surface area contributed by atoms with Crippen molar-refractivity contribution < 1.29 is 4.79 Å². The summed E-state index contributed by atoms with van der Waals surface area (Å²) in [5.74, 6) is 0.00977. The van der Waals surface area contributed by atoms with Crippen LogP contribution in [0.15, 0.2) is 35.3 Å². The van der Waals surface area contributed by atoms with Crippen molar-refractivity contribution in [2.24, 2.45) is 4.99 Å². The third-order valence-electron chi connectivity index (χ3n) is 2.94. The summed E-state index contributed by atoms with van der Waals surface area (Å²) in [4.78, 5) is 18.6. The topological polar surface area (TPSA) is 32.7 Å². The second-order valence-electron chi connectivity index (χ2n) is 3.97. The molecule has 0 fully saturated rings. The molecule has 101 valence electrons. The number of benzene rings is 1. The zero-order valence-electron chi connectivity index (χ0n) is 12.2. The molecular weight excluding hydrogens is 255 g/mol. The van der Waals surface area contributed by atoms with Crippen LogP contribution < -0.4 is 0 Å². The Balaban J connectivity index is 0.000000861. The second-order valence-corrected chi connectivity index (χ2v) is 4.74. The van der Waals surface area contributed by atoms with Gasteiger partial charge in [-0.3, -0.25) is 4.79 Å². The third kappa shape index (κ3) is 2.86. The summed E-state index contributed by atoms with van der Waals surface area (Å²) in [7, 11) is 1.77. The average Bonchev–Trinajstić information content (AvgIpc) is 2.74. The van der Waals surface area contributed by atoms with E-state index >= 15 is 0 Å². The molecule has 0 saturated carbocycles. The number of rotatable bonds is 2. The van der Waals surface area contributed by atoms with Crippen LogP contribution in [0.4, 0.5) is 0 Å². The fourth-order valence-corrected chi connectivity index (χ4v) is 2.60. The van der Waals surface area contributed by atoms with Crippen LogP contribution in [0.5, 0.6) is 0 Å². The van der Waals surface area contributed by atoms with Crippen molar-refractivity contribution in [2.75, 3.05) is 6.26 Å². The minimum absolute atomic E-state index is 0.00977. The molecule has 1 aliphatic heterocycles. The van der Waals surface area contributed by atoms with Crippen molar-refractivity contribution in [3.05, 3.63) is 35.9 Å². The van der Waals surface area contributed by atoms with Gasteiger partial charge in [0.25, 0.3) is 7.41 Å². The van der Waals surface area contributed by atoms with Crippen LogP contribution in [0.1, 0.15) is 26.3 Å². The summed E-state index contributed by atoms with van der Waals surface area (Å²) in [6.07, 6.45) is 1.93. The van der Waals surface area contributed by atoms with Crippen molar-refractivity contribution >= 4 is 30.3 Å². The van der Waals surface area contributed by atoms with Crippen LogP contribution in [-0.4, -0.2) is 29.6 Å². The molecule has 19 heavy (non-hydrogen) atoms. The molecule has 3 nitrogen and oxygen atoms in total. The van der Waals surface area contributed by atoms with Gasteiger partial charge in [-0.15, -0.1) is 0 Å². The normalized spacial score (nSPS) is 21.6. The van der Waals surface area contributed by atoms with E-state index in [1.807, 2.05) is 64.2 Å². The molecule has 1 unspecified atom stereocenters. The number of hydrogen-bond donors (Lipinski definition) is 0. The van der Waals surface area contributed by atoms with E-state index in [9.17, 15) is 4.79 Å². The van der Waals surface area contributed by atoms with Crippen LogP contribution in [0.2, 0.25) is 6.82 Å². The van der Waals surface area contributed by atoms with Gasteiger partial charge in [-0.1, -0.05) is 62.8 Å². The van der Waals surface area contributed by atoms with Crippen molar-refractivity contribution in [1.29, 1.82) is 0 Å². The molecule has 1 amide bonds. The van der Waals surface area contributed by atoms with Crippen molar-refractivity contribution in [2.45, 2.75) is 33.1 Å². The largest absolute Gasteiger partial charge is 0.340 e. The Bertz CT molecular complexity index is 464. The first-order chi connectivity index (χ1) is 9.13. The molecule has 5 heteroatoms. The Morgan fingerprint density at radius 2 is 1.84 bits per heavy atom. The lowest BCUT2D eigenvalue weighted by Crippen LogP contribution is -2.40. The summed E-state index contributed by atoms with van der Waals surface area (Å²) < 4.78 is 0. The summed E-state index contributed by atoms with van der Waals surface area (Å²) in [6, 6.07) is 9.69. The average molecular weight is 275 g/mol. The lowest BCUT2D eigenvalue weighted by Gasteiger charge is -2.21. The van der Waals surface area contributed by atoms with Gasteiger partial charge in [0.1, 0.15) is 0 Å². The number of nitrogens with zero attached hydrogens (tertiary/aromatic N) is 2. The summed E-state index contributed by atoms with van der Waals surface area (Å²) in [5.41, 5.74) is 0.146. The van der Waals surface area contributed by atoms with Crippen LogP contribution in [0, 0.1) is 0 Å². The number of hydrogen-bond acceptors (Lipinski definition) is 3. The molecule has 1 radical (unpaired) electrons. The van der Waals surface area contributed by atoms with E-state index in [0.29, 0.717) is 0 Å². The molecule has 1 aromatic rings. The number of amides is 1. The highest BCUT2D eigenvalue weighted by Gasteiger charge is 2.44. The number of carbonyl (C=O) groups excluding carboxylic acids is 1. The number of aliphatic imine (C=N–C) groups is 1. The van der Waals surface area contributed by atoms with E-state index < -0.39 is 5.54 Å². The lowest BCUT2D eigenvalue weighted by atomic mass is 9.88. The molecule has 0 aromatic heterocycles. The van der Waals surface area contributed by atoms with Gasteiger partial charge < -0.3 is 4.81 Å². The minimum atomic E-state index is -0.786. The fraction of sp³-hybridized carbons (Fsp3) is 0.429. The summed E-state index contributed by atoms with van der Waals surface area (Å²) >= 11 is 1.49. The van der Waals surface area contributed by atoms with Crippen LogP contribution in [0.25, 0.3) is 0 Å². The van der Waals surface area contributed by atoms with Gasteiger partial charge in [0.15, 0.2) is 10.7 Å². The fourth-order valence-electron chi connectivity index (χ4n) is 1.94. The Hall–Kier alpha value is -1.23. The zero-order valence-corrected chi connectivity index (χ0v) is 13.0. The molecule has 0 bridgehead atoms. The highest BCUT2D eigenvalue weighted by Crippen LogP contribution is 2.34. The number of amidine groups is 1. The highest BCUT2D eigenvalue weighted by atomic mass is 32.2.